The van der Waals surface area contributed by atoms with Crippen molar-refractivity contribution in [1.29, 1.82) is 0 Å². The van der Waals surface area contributed by atoms with Gasteiger partial charge in [-0.1, -0.05) is 6.92 Å². The zero-order chi connectivity index (χ0) is 17.6. The number of hydrogen-bond donors (Lipinski definition) is 3. The number of carbonyl (C=O) groups is 1. The minimum absolute atomic E-state index is 0.00378. The fourth-order valence-corrected chi connectivity index (χ4v) is 3.64. The van der Waals surface area contributed by atoms with Crippen LogP contribution in [0.4, 0.5) is 4.39 Å². The zero-order valence-electron chi connectivity index (χ0n) is 13.8. The molecule has 1 aromatic rings. The highest BCUT2D eigenvalue weighted by Gasteiger charge is 2.26. The van der Waals surface area contributed by atoms with Crippen LogP contribution in [0.15, 0.2) is 29.2 Å². The SMILES string of the molecule is CC1(CNC(=O)CCNS(=O)(=O)c2ccc(F)cc2)CCNCC1. The predicted molar refractivity (Wildman–Crippen MR) is 89.4 cm³/mol. The topological polar surface area (TPSA) is 87.3 Å². The number of nitrogens with one attached hydrogen (secondary N) is 3. The standard InChI is InChI=1S/C16H24FN3O3S/c1-16(7-10-18-11-8-16)12-19-15(21)6-9-20-24(22,23)14-4-2-13(17)3-5-14/h2-5,18,20H,6-12H2,1H3,(H,19,21). The van der Waals surface area contributed by atoms with Gasteiger partial charge in [0.15, 0.2) is 0 Å². The zero-order valence-corrected chi connectivity index (χ0v) is 14.6. The van der Waals surface area contributed by atoms with Crippen molar-refractivity contribution in [2.24, 2.45) is 5.41 Å². The Labute approximate surface area is 142 Å². The minimum Gasteiger partial charge on any atom is -0.356 e. The highest BCUT2D eigenvalue weighted by molar-refractivity contribution is 7.89. The van der Waals surface area contributed by atoms with Crippen LogP contribution in [0, 0.1) is 11.2 Å². The summed E-state index contributed by atoms with van der Waals surface area (Å²) in [5.41, 5.74) is 0.0918. The van der Waals surface area contributed by atoms with E-state index in [0.717, 1.165) is 38.1 Å². The molecule has 1 heterocycles. The van der Waals surface area contributed by atoms with Gasteiger partial charge in [-0.15, -0.1) is 0 Å². The number of halogens is 1. The fraction of sp³-hybridized carbons (Fsp3) is 0.562. The highest BCUT2D eigenvalue weighted by Crippen LogP contribution is 2.26. The quantitative estimate of drug-likeness (QED) is 0.679. The molecule has 2 rings (SSSR count). The third kappa shape index (κ3) is 5.54. The molecule has 0 aliphatic carbocycles. The van der Waals surface area contributed by atoms with Crippen LogP contribution in [0.2, 0.25) is 0 Å². The van der Waals surface area contributed by atoms with Gasteiger partial charge in [-0.3, -0.25) is 4.79 Å². The maximum absolute atomic E-state index is 12.8. The van der Waals surface area contributed by atoms with Crippen LogP contribution in [-0.2, 0) is 14.8 Å². The van der Waals surface area contributed by atoms with Gasteiger partial charge in [0.2, 0.25) is 15.9 Å². The maximum atomic E-state index is 12.8. The molecule has 1 aliphatic rings. The van der Waals surface area contributed by atoms with E-state index in [4.69, 9.17) is 0 Å². The Balaban J connectivity index is 1.74. The number of piperidine rings is 1. The Hall–Kier alpha value is -1.51. The van der Waals surface area contributed by atoms with E-state index in [9.17, 15) is 17.6 Å². The normalized spacial score (nSPS) is 17.4. The molecular formula is C16H24FN3O3S. The van der Waals surface area contributed by atoms with Crippen LogP contribution in [0.1, 0.15) is 26.2 Å². The largest absolute Gasteiger partial charge is 0.356 e. The number of hydrogen-bond acceptors (Lipinski definition) is 4. The molecule has 0 atom stereocenters. The molecule has 0 unspecified atom stereocenters. The summed E-state index contributed by atoms with van der Waals surface area (Å²) in [6.45, 7) is 4.64. The molecule has 1 fully saturated rings. The second-order valence-electron chi connectivity index (χ2n) is 6.44. The van der Waals surface area contributed by atoms with Crippen molar-refractivity contribution >= 4 is 15.9 Å². The lowest BCUT2D eigenvalue weighted by atomic mass is 9.81. The van der Waals surface area contributed by atoms with Gasteiger partial charge in [0, 0.05) is 19.5 Å². The van der Waals surface area contributed by atoms with E-state index in [1.165, 1.54) is 12.1 Å². The predicted octanol–water partition coefficient (Wildman–Crippen LogP) is 1.000. The smallest absolute Gasteiger partial charge is 0.240 e. The molecule has 6 nitrogen and oxygen atoms in total. The molecule has 8 heteroatoms. The lowest BCUT2D eigenvalue weighted by Gasteiger charge is -2.34. The lowest BCUT2D eigenvalue weighted by molar-refractivity contribution is -0.121. The van der Waals surface area contributed by atoms with E-state index in [1.807, 2.05) is 0 Å². The van der Waals surface area contributed by atoms with E-state index in [1.54, 1.807) is 0 Å². The van der Waals surface area contributed by atoms with Crippen molar-refractivity contribution in [3.63, 3.8) is 0 Å². The van der Waals surface area contributed by atoms with Gasteiger partial charge < -0.3 is 10.6 Å². The molecule has 0 radical (unpaired) electrons. The van der Waals surface area contributed by atoms with Crippen LogP contribution in [0.25, 0.3) is 0 Å². The molecular weight excluding hydrogens is 333 g/mol. The van der Waals surface area contributed by atoms with Crippen molar-refractivity contribution < 1.29 is 17.6 Å². The van der Waals surface area contributed by atoms with Crippen molar-refractivity contribution in [1.82, 2.24) is 15.4 Å². The third-order valence-electron chi connectivity index (χ3n) is 4.29. The van der Waals surface area contributed by atoms with Gasteiger partial charge in [0.05, 0.1) is 4.90 Å². The molecule has 24 heavy (non-hydrogen) atoms. The van der Waals surface area contributed by atoms with Gasteiger partial charge >= 0.3 is 0 Å². The van der Waals surface area contributed by atoms with Gasteiger partial charge in [0.1, 0.15) is 5.82 Å². The van der Waals surface area contributed by atoms with Crippen molar-refractivity contribution in [2.45, 2.75) is 31.1 Å². The summed E-state index contributed by atoms with van der Waals surface area (Å²) in [5.74, 6) is -0.684. The average Bonchev–Trinajstić information content (AvgIpc) is 2.54. The maximum Gasteiger partial charge on any atom is 0.240 e. The van der Waals surface area contributed by atoms with E-state index in [0.29, 0.717) is 6.54 Å². The number of carbonyl (C=O) groups excluding carboxylic acids is 1. The first-order chi connectivity index (χ1) is 11.3. The summed E-state index contributed by atoms with van der Waals surface area (Å²) in [4.78, 5) is 11.9. The Morgan fingerprint density at radius 3 is 2.50 bits per heavy atom. The Kier molecular flexibility index (Phi) is 6.31. The van der Waals surface area contributed by atoms with Crippen molar-refractivity contribution in [3.8, 4) is 0 Å². The molecule has 1 amide bonds. The fourth-order valence-electron chi connectivity index (χ4n) is 2.60. The summed E-state index contributed by atoms with van der Waals surface area (Å²) < 4.78 is 39.2. The van der Waals surface area contributed by atoms with E-state index in [-0.39, 0.29) is 29.2 Å². The van der Waals surface area contributed by atoms with Gasteiger partial charge in [-0.05, 0) is 55.6 Å². The number of benzene rings is 1. The summed E-state index contributed by atoms with van der Waals surface area (Å²) in [6.07, 6.45) is 2.07. The minimum atomic E-state index is -3.73. The van der Waals surface area contributed by atoms with Crippen molar-refractivity contribution in [3.05, 3.63) is 30.1 Å². The first kappa shape index (κ1) is 18.8. The monoisotopic (exact) mass is 357 g/mol. The molecule has 1 saturated heterocycles. The molecule has 0 spiro atoms. The number of rotatable bonds is 7. The van der Waals surface area contributed by atoms with Gasteiger partial charge in [-0.2, -0.15) is 0 Å². The second kappa shape index (κ2) is 8.04. The Morgan fingerprint density at radius 1 is 1.25 bits per heavy atom. The summed E-state index contributed by atoms with van der Waals surface area (Å²) >= 11 is 0. The van der Waals surface area contributed by atoms with Crippen LogP contribution in [0.5, 0.6) is 0 Å². The summed E-state index contributed by atoms with van der Waals surface area (Å²) in [7, 11) is -3.73. The molecule has 3 N–H and O–H groups in total. The summed E-state index contributed by atoms with van der Waals surface area (Å²) in [6, 6.07) is 4.55. The van der Waals surface area contributed by atoms with Crippen LogP contribution in [-0.4, -0.2) is 40.5 Å². The van der Waals surface area contributed by atoms with E-state index in [2.05, 4.69) is 22.3 Å². The Bertz CT molecular complexity index is 656. The summed E-state index contributed by atoms with van der Waals surface area (Å²) in [5, 5.41) is 6.16. The molecule has 0 bridgehead atoms. The van der Waals surface area contributed by atoms with Gasteiger partial charge in [0.25, 0.3) is 0 Å². The molecule has 1 aliphatic heterocycles. The average molecular weight is 357 g/mol. The highest BCUT2D eigenvalue weighted by atomic mass is 32.2. The van der Waals surface area contributed by atoms with Gasteiger partial charge in [-0.25, -0.2) is 17.5 Å². The van der Waals surface area contributed by atoms with Crippen LogP contribution in [0.3, 0.4) is 0 Å². The third-order valence-corrected chi connectivity index (χ3v) is 5.77. The molecule has 0 aromatic heterocycles. The molecule has 0 saturated carbocycles. The second-order valence-corrected chi connectivity index (χ2v) is 8.21. The number of amides is 1. The van der Waals surface area contributed by atoms with Crippen molar-refractivity contribution in [2.75, 3.05) is 26.2 Å². The lowest BCUT2D eigenvalue weighted by Crippen LogP contribution is -2.43. The Morgan fingerprint density at radius 2 is 1.88 bits per heavy atom. The first-order valence-electron chi connectivity index (χ1n) is 8.03. The number of sulfonamides is 1. The van der Waals surface area contributed by atoms with Crippen LogP contribution < -0.4 is 15.4 Å². The van der Waals surface area contributed by atoms with E-state index >= 15 is 0 Å². The van der Waals surface area contributed by atoms with E-state index < -0.39 is 15.8 Å². The molecule has 1 aromatic carbocycles. The van der Waals surface area contributed by atoms with Crippen LogP contribution >= 0.6 is 0 Å². The first-order valence-corrected chi connectivity index (χ1v) is 9.52. The molecule has 134 valence electrons.